The van der Waals surface area contributed by atoms with Crippen molar-refractivity contribution in [1.82, 2.24) is 9.36 Å². The summed E-state index contributed by atoms with van der Waals surface area (Å²) in [7, 11) is 0. The Kier molecular flexibility index (Phi) is 4.62. The minimum atomic E-state index is -0.160. The van der Waals surface area contributed by atoms with Gasteiger partial charge in [-0.2, -0.15) is 4.37 Å². The quantitative estimate of drug-likeness (QED) is 0.670. The SMILES string of the molecule is Cc1nsc(SCC(=O)Nc2cc(Cl)ccc2N)n1. The zero-order valence-corrected chi connectivity index (χ0v) is 12.4. The number of aromatic nitrogens is 2. The second-order valence-corrected chi connectivity index (χ2v) is 6.09. The van der Waals surface area contributed by atoms with Crippen LogP contribution in [0.3, 0.4) is 0 Å². The number of rotatable bonds is 4. The van der Waals surface area contributed by atoms with Gasteiger partial charge in [0, 0.05) is 5.02 Å². The van der Waals surface area contributed by atoms with Crippen molar-refractivity contribution in [2.75, 3.05) is 16.8 Å². The molecule has 0 bridgehead atoms. The fourth-order valence-electron chi connectivity index (χ4n) is 1.29. The zero-order valence-electron chi connectivity index (χ0n) is 10.0. The number of thioether (sulfide) groups is 1. The van der Waals surface area contributed by atoms with Gasteiger partial charge in [-0.15, -0.1) is 0 Å². The molecule has 0 unspecified atom stereocenters. The first-order valence-electron chi connectivity index (χ1n) is 5.32. The van der Waals surface area contributed by atoms with Crippen LogP contribution in [0.25, 0.3) is 0 Å². The van der Waals surface area contributed by atoms with Gasteiger partial charge in [0.05, 0.1) is 17.1 Å². The van der Waals surface area contributed by atoms with E-state index in [-0.39, 0.29) is 11.7 Å². The van der Waals surface area contributed by atoms with E-state index < -0.39 is 0 Å². The van der Waals surface area contributed by atoms with E-state index in [9.17, 15) is 4.79 Å². The first-order chi connectivity index (χ1) is 9.04. The molecule has 100 valence electrons. The molecule has 8 heteroatoms. The maximum absolute atomic E-state index is 11.8. The Hall–Kier alpha value is -1.31. The lowest BCUT2D eigenvalue weighted by atomic mass is 10.2. The standard InChI is InChI=1S/C11H11ClN4OS2/c1-6-14-11(19-16-6)18-5-10(17)15-9-4-7(12)2-3-8(9)13/h2-4H,5,13H2,1H3,(H,15,17). The van der Waals surface area contributed by atoms with Crippen LogP contribution < -0.4 is 11.1 Å². The molecule has 0 radical (unpaired) electrons. The van der Waals surface area contributed by atoms with Crippen molar-refractivity contribution in [3.63, 3.8) is 0 Å². The molecule has 1 heterocycles. The Labute approximate surface area is 123 Å². The van der Waals surface area contributed by atoms with E-state index in [4.69, 9.17) is 17.3 Å². The van der Waals surface area contributed by atoms with Crippen LogP contribution in [0, 0.1) is 6.92 Å². The van der Waals surface area contributed by atoms with Crippen molar-refractivity contribution in [1.29, 1.82) is 0 Å². The summed E-state index contributed by atoms with van der Waals surface area (Å²) >= 11 is 8.46. The Balaban J connectivity index is 1.92. The van der Waals surface area contributed by atoms with E-state index in [2.05, 4.69) is 14.7 Å². The minimum absolute atomic E-state index is 0.160. The zero-order chi connectivity index (χ0) is 13.8. The van der Waals surface area contributed by atoms with Crippen molar-refractivity contribution in [2.24, 2.45) is 0 Å². The maximum Gasteiger partial charge on any atom is 0.234 e. The average Bonchev–Trinajstić information content (AvgIpc) is 2.77. The molecule has 0 fully saturated rings. The van der Waals surface area contributed by atoms with Crippen LogP contribution >= 0.6 is 34.9 Å². The van der Waals surface area contributed by atoms with Gasteiger partial charge in [-0.3, -0.25) is 4.79 Å². The molecule has 0 saturated carbocycles. The smallest absolute Gasteiger partial charge is 0.234 e. The largest absolute Gasteiger partial charge is 0.397 e. The van der Waals surface area contributed by atoms with Crippen molar-refractivity contribution in [3.05, 3.63) is 29.0 Å². The van der Waals surface area contributed by atoms with Gasteiger partial charge in [-0.05, 0) is 36.7 Å². The molecule has 19 heavy (non-hydrogen) atoms. The third-order valence-electron chi connectivity index (χ3n) is 2.13. The van der Waals surface area contributed by atoms with Crippen LogP contribution in [0.5, 0.6) is 0 Å². The van der Waals surface area contributed by atoms with Gasteiger partial charge in [0.1, 0.15) is 5.82 Å². The lowest BCUT2D eigenvalue weighted by Gasteiger charge is -2.07. The molecule has 0 saturated heterocycles. The van der Waals surface area contributed by atoms with Gasteiger partial charge in [0.15, 0.2) is 4.34 Å². The molecular weight excluding hydrogens is 304 g/mol. The highest BCUT2D eigenvalue weighted by molar-refractivity contribution is 8.01. The van der Waals surface area contributed by atoms with E-state index in [1.165, 1.54) is 23.3 Å². The number of carbonyl (C=O) groups is 1. The third kappa shape index (κ3) is 4.09. The highest BCUT2D eigenvalue weighted by atomic mass is 35.5. The number of hydrogen-bond acceptors (Lipinski definition) is 6. The fraction of sp³-hybridized carbons (Fsp3) is 0.182. The average molecular weight is 315 g/mol. The van der Waals surface area contributed by atoms with Crippen LogP contribution in [0.2, 0.25) is 5.02 Å². The predicted molar refractivity (Wildman–Crippen MR) is 79.9 cm³/mol. The number of amides is 1. The normalized spacial score (nSPS) is 10.4. The highest BCUT2D eigenvalue weighted by Crippen LogP contribution is 2.24. The van der Waals surface area contributed by atoms with Crippen molar-refractivity contribution < 1.29 is 4.79 Å². The predicted octanol–water partition coefficient (Wildman–Crippen LogP) is 2.81. The number of aryl methyl sites for hydroxylation is 1. The summed E-state index contributed by atoms with van der Waals surface area (Å²) < 4.78 is 4.81. The van der Waals surface area contributed by atoms with Gasteiger partial charge >= 0.3 is 0 Å². The number of anilines is 2. The van der Waals surface area contributed by atoms with Gasteiger partial charge < -0.3 is 11.1 Å². The van der Waals surface area contributed by atoms with Crippen molar-refractivity contribution >= 4 is 52.2 Å². The number of benzene rings is 1. The summed E-state index contributed by atoms with van der Waals surface area (Å²) in [6.45, 7) is 1.81. The second kappa shape index (κ2) is 6.23. The number of halogens is 1. The minimum Gasteiger partial charge on any atom is -0.397 e. The summed E-state index contributed by atoms with van der Waals surface area (Å²) in [5.74, 6) is 0.805. The molecule has 0 spiro atoms. The van der Waals surface area contributed by atoms with Gasteiger partial charge in [0.25, 0.3) is 0 Å². The Bertz CT molecular complexity index is 602. The molecule has 0 aliphatic heterocycles. The van der Waals surface area contributed by atoms with E-state index in [1.807, 2.05) is 6.92 Å². The van der Waals surface area contributed by atoms with E-state index in [1.54, 1.807) is 18.2 Å². The Morgan fingerprint density at radius 2 is 2.37 bits per heavy atom. The molecule has 5 nitrogen and oxygen atoms in total. The topological polar surface area (TPSA) is 80.9 Å². The summed E-state index contributed by atoms with van der Waals surface area (Å²) in [6.07, 6.45) is 0. The lowest BCUT2D eigenvalue weighted by molar-refractivity contribution is -0.113. The Morgan fingerprint density at radius 3 is 3.05 bits per heavy atom. The number of hydrogen-bond donors (Lipinski definition) is 2. The monoisotopic (exact) mass is 314 g/mol. The fourth-order valence-corrected chi connectivity index (χ4v) is 2.91. The molecule has 3 N–H and O–H groups in total. The van der Waals surface area contributed by atoms with Crippen LogP contribution in [0.15, 0.2) is 22.5 Å². The summed E-state index contributed by atoms with van der Waals surface area (Å²) in [5, 5.41) is 3.24. The lowest BCUT2D eigenvalue weighted by Crippen LogP contribution is -2.15. The van der Waals surface area contributed by atoms with E-state index in [0.29, 0.717) is 22.2 Å². The van der Waals surface area contributed by atoms with E-state index in [0.717, 1.165) is 4.34 Å². The number of nitrogens with zero attached hydrogens (tertiary/aromatic N) is 2. The van der Waals surface area contributed by atoms with Crippen LogP contribution in [-0.4, -0.2) is 21.0 Å². The van der Waals surface area contributed by atoms with Crippen LogP contribution in [0.1, 0.15) is 5.82 Å². The van der Waals surface area contributed by atoms with Crippen molar-refractivity contribution in [3.8, 4) is 0 Å². The number of nitrogen functional groups attached to an aromatic ring is 1. The van der Waals surface area contributed by atoms with Gasteiger partial charge in [-0.1, -0.05) is 23.4 Å². The first-order valence-corrected chi connectivity index (χ1v) is 7.46. The van der Waals surface area contributed by atoms with Gasteiger partial charge in [-0.25, -0.2) is 4.98 Å². The maximum atomic E-state index is 11.8. The summed E-state index contributed by atoms with van der Waals surface area (Å²) in [6, 6.07) is 4.94. The summed E-state index contributed by atoms with van der Waals surface area (Å²) in [5.41, 5.74) is 6.75. The van der Waals surface area contributed by atoms with Crippen molar-refractivity contribution in [2.45, 2.75) is 11.3 Å². The van der Waals surface area contributed by atoms with Crippen LogP contribution in [0.4, 0.5) is 11.4 Å². The third-order valence-corrected chi connectivity index (χ3v) is 4.29. The molecule has 1 aromatic heterocycles. The number of nitrogens with one attached hydrogen (secondary N) is 1. The second-order valence-electron chi connectivity index (χ2n) is 3.68. The molecule has 0 aliphatic carbocycles. The Morgan fingerprint density at radius 1 is 1.58 bits per heavy atom. The molecule has 2 rings (SSSR count). The molecule has 2 aromatic rings. The summed E-state index contributed by atoms with van der Waals surface area (Å²) in [4.78, 5) is 15.9. The molecule has 1 amide bonds. The van der Waals surface area contributed by atoms with Crippen LogP contribution in [-0.2, 0) is 4.79 Å². The van der Waals surface area contributed by atoms with E-state index >= 15 is 0 Å². The molecule has 0 aliphatic rings. The molecule has 1 aromatic carbocycles. The molecule has 0 atom stereocenters. The highest BCUT2D eigenvalue weighted by Gasteiger charge is 2.08. The first kappa shape index (κ1) is 14.1. The number of nitrogens with two attached hydrogens (primary N) is 1. The molecular formula is C11H11ClN4OS2. The number of carbonyl (C=O) groups excluding carboxylic acids is 1. The van der Waals surface area contributed by atoms with Gasteiger partial charge in [0.2, 0.25) is 5.91 Å².